The van der Waals surface area contributed by atoms with Gasteiger partial charge in [-0.25, -0.2) is 4.39 Å². The Morgan fingerprint density at radius 3 is 2.27 bits per heavy atom. The third-order valence-corrected chi connectivity index (χ3v) is 7.63. The van der Waals surface area contributed by atoms with Crippen molar-refractivity contribution in [3.63, 3.8) is 0 Å². The number of hydrogen-bond donors (Lipinski definition) is 0. The number of nitrogens with zero attached hydrogens (tertiary/aromatic N) is 1. The number of benzene rings is 3. The molecule has 3 aromatic rings. The Morgan fingerprint density at radius 1 is 0.939 bits per heavy atom. The van der Waals surface area contributed by atoms with Gasteiger partial charge in [0.2, 0.25) is 0 Å². The summed E-state index contributed by atoms with van der Waals surface area (Å²) in [6, 6.07) is 17.2. The van der Waals surface area contributed by atoms with E-state index < -0.39 is 0 Å². The minimum Gasteiger partial charge on any atom is -0.487 e. The van der Waals surface area contributed by atoms with Crippen LogP contribution in [-0.4, -0.2) is 16.0 Å². The van der Waals surface area contributed by atoms with E-state index in [1.807, 2.05) is 36.4 Å². The van der Waals surface area contributed by atoms with Gasteiger partial charge in [0, 0.05) is 4.47 Å². The van der Waals surface area contributed by atoms with E-state index in [9.17, 15) is 14.0 Å². The van der Waals surface area contributed by atoms with Crippen LogP contribution in [0.2, 0.25) is 0 Å². The van der Waals surface area contributed by atoms with Crippen LogP contribution in [0.3, 0.4) is 0 Å². The summed E-state index contributed by atoms with van der Waals surface area (Å²) in [5.74, 6) is -0.0468. The molecule has 1 aliphatic heterocycles. The van der Waals surface area contributed by atoms with Gasteiger partial charge in [0.05, 0.1) is 20.4 Å². The Labute approximate surface area is 219 Å². The van der Waals surface area contributed by atoms with Crippen molar-refractivity contribution in [3.05, 3.63) is 101 Å². The molecule has 0 radical (unpaired) electrons. The minimum absolute atomic E-state index is 0.201. The van der Waals surface area contributed by atoms with Crippen molar-refractivity contribution in [2.75, 3.05) is 0 Å². The number of imide groups is 1. The monoisotopic (exact) mass is 653 g/mol. The first-order valence-electron chi connectivity index (χ1n) is 9.67. The van der Waals surface area contributed by atoms with Crippen LogP contribution in [0.1, 0.15) is 16.7 Å². The number of hydrogen-bond acceptors (Lipinski definition) is 4. The number of thioether (sulfide) groups is 1. The van der Waals surface area contributed by atoms with Gasteiger partial charge in [0.25, 0.3) is 11.1 Å². The standard InChI is InChI=1S/C24H15Br3FNO3S/c25-18-4-2-1-3-16(18)12-29-23(30)21(33-24(29)31)11-15-9-19(26)22(20(27)10-15)32-13-14-5-7-17(28)8-6-14/h1-11H,12-13H2/b21-11+. The predicted molar refractivity (Wildman–Crippen MR) is 138 cm³/mol. The Hall–Kier alpha value is -1.94. The molecule has 0 aliphatic carbocycles. The highest BCUT2D eigenvalue weighted by atomic mass is 79.9. The van der Waals surface area contributed by atoms with Crippen LogP contribution in [0, 0.1) is 5.82 Å². The summed E-state index contributed by atoms with van der Waals surface area (Å²) in [7, 11) is 0. The molecule has 4 rings (SSSR count). The van der Waals surface area contributed by atoms with E-state index in [1.54, 1.807) is 18.2 Å². The summed E-state index contributed by atoms with van der Waals surface area (Å²) in [6.07, 6.45) is 1.68. The first-order valence-corrected chi connectivity index (χ1v) is 12.9. The van der Waals surface area contributed by atoms with Crippen molar-refractivity contribution < 1.29 is 18.7 Å². The molecular formula is C24H15Br3FNO3S. The lowest BCUT2D eigenvalue weighted by Crippen LogP contribution is -2.27. The zero-order valence-corrected chi connectivity index (χ0v) is 22.4. The number of amides is 2. The van der Waals surface area contributed by atoms with E-state index in [0.29, 0.717) is 19.6 Å². The van der Waals surface area contributed by atoms with Crippen molar-refractivity contribution >= 4 is 76.8 Å². The molecule has 1 heterocycles. The number of carbonyl (C=O) groups is 2. The van der Waals surface area contributed by atoms with E-state index in [2.05, 4.69) is 47.8 Å². The van der Waals surface area contributed by atoms with Crippen LogP contribution >= 0.6 is 59.6 Å². The van der Waals surface area contributed by atoms with Gasteiger partial charge in [-0.2, -0.15) is 0 Å². The maximum Gasteiger partial charge on any atom is 0.293 e. The van der Waals surface area contributed by atoms with Crippen LogP contribution in [0.15, 0.2) is 79.0 Å². The molecule has 2 amide bonds. The summed E-state index contributed by atoms with van der Waals surface area (Å²) >= 11 is 11.4. The summed E-state index contributed by atoms with van der Waals surface area (Å²) in [5.41, 5.74) is 2.42. The third kappa shape index (κ3) is 5.77. The average molecular weight is 656 g/mol. The van der Waals surface area contributed by atoms with Crippen molar-refractivity contribution in [1.82, 2.24) is 4.90 Å². The molecule has 3 aromatic carbocycles. The third-order valence-electron chi connectivity index (χ3n) is 4.77. The molecule has 0 spiro atoms. The van der Waals surface area contributed by atoms with Crippen LogP contribution < -0.4 is 4.74 Å². The molecule has 1 fully saturated rings. The van der Waals surface area contributed by atoms with E-state index >= 15 is 0 Å². The highest BCUT2D eigenvalue weighted by Gasteiger charge is 2.35. The highest BCUT2D eigenvalue weighted by molar-refractivity contribution is 9.11. The van der Waals surface area contributed by atoms with E-state index in [0.717, 1.165) is 32.9 Å². The Kier molecular flexibility index (Phi) is 7.73. The SMILES string of the molecule is O=C1S/C(=C/c2cc(Br)c(OCc3ccc(F)cc3)c(Br)c2)C(=O)N1Cc1ccccc1Br. The smallest absolute Gasteiger partial charge is 0.293 e. The molecule has 1 saturated heterocycles. The van der Waals surface area contributed by atoms with Gasteiger partial charge in [0.15, 0.2) is 0 Å². The number of halogens is 4. The van der Waals surface area contributed by atoms with Gasteiger partial charge in [-0.05, 0) is 96.7 Å². The van der Waals surface area contributed by atoms with Crippen LogP contribution in [-0.2, 0) is 17.9 Å². The number of carbonyl (C=O) groups excluding carboxylic acids is 2. The second-order valence-corrected chi connectivity index (χ2v) is 10.6. The van der Waals surface area contributed by atoms with Crippen molar-refractivity contribution in [3.8, 4) is 5.75 Å². The van der Waals surface area contributed by atoms with Crippen molar-refractivity contribution in [1.29, 1.82) is 0 Å². The molecule has 0 N–H and O–H groups in total. The maximum atomic E-state index is 13.1. The molecule has 0 bridgehead atoms. The van der Waals surface area contributed by atoms with Gasteiger partial charge >= 0.3 is 0 Å². The fourth-order valence-corrected chi connectivity index (χ4v) is 5.82. The van der Waals surface area contributed by atoms with E-state index in [-0.39, 0.29) is 30.1 Å². The van der Waals surface area contributed by atoms with Crippen molar-refractivity contribution in [2.24, 2.45) is 0 Å². The maximum absolute atomic E-state index is 13.1. The molecule has 1 aliphatic rings. The molecule has 0 atom stereocenters. The van der Waals surface area contributed by atoms with Gasteiger partial charge in [-0.1, -0.05) is 46.3 Å². The first kappa shape index (κ1) is 24.2. The zero-order valence-electron chi connectivity index (χ0n) is 16.9. The molecule has 9 heteroatoms. The molecular weight excluding hydrogens is 641 g/mol. The zero-order chi connectivity index (χ0) is 23.5. The van der Waals surface area contributed by atoms with E-state index in [1.165, 1.54) is 17.0 Å². The van der Waals surface area contributed by atoms with Gasteiger partial charge in [-0.15, -0.1) is 0 Å². The molecule has 0 aromatic heterocycles. The minimum atomic E-state index is -0.329. The lowest BCUT2D eigenvalue weighted by molar-refractivity contribution is -0.123. The lowest BCUT2D eigenvalue weighted by Gasteiger charge is -2.13. The highest BCUT2D eigenvalue weighted by Crippen LogP contribution is 2.38. The average Bonchev–Trinajstić information content (AvgIpc) is 3.03. The summed E-state index contributed by atoms with van der Waals surface area (Å²) < 4.78 is 21.2. The quantitative estimate of drug-likeness (QED) is 0.253. The number of ether oxygens (including phenoxy) is 1. The van der Waals surface area contributed by atoms with Gasteiger partial charge in [0.1, 0.15) is 18.2 Å². The molecule has 33 heavy (non-hydrogen) atoms. The van der Waals surface area contributed by atoms with Crippen molar-refractivity contribution in [2.45, 2.75) is 13.2 Å². The molecule has 0 unspecified atom stereocenters. The van der Waals surface area contributed by atoms with Crippen LogP contribution in [0.25, 0.3) is 6.08 Å². The van der Waals surface area contributed by atoms with E-state index in [4.69, 9.17) is 4.74 Å². The number of rotatable bonds is 6. The topological polar surface area (TPSA) is 46.6 Å². The fourth-order valence-electron chi connectivity index (χ4n) is 3.12. The van der Waals surface area contributed by atoms with Gasteiger partial charge in [-0.3, -0.25) is 14.5 Å². The van der Waals surface area contributed by atoms with Gasteiger partial charge < -0.3 is 4.74 Å². The van der Waals surface area contributed by atoms with Crippen LogP contribution in [0.4, 0.5) is 9.18 Å². The molecule has 168 valence electrons. The second-order valence-electron chi connectivity index (χ2n) is 7.09. The predicted octanol–water partition coefficient (Wildman–Crippen LogP) is 7.93. The normalized spacial score (nSPS) is 14.9. The Bertz CT molecular complexity index is 1240. The Morgan fingerprint density at radius 2 is 1.61 bits per heavy atom. The summed E-state index contributed by atoms with van der Waals surface area (Å²) in [5, 5.41) is -0.306. The largest absolute Gasteiger partial charge is 0.487 e. The second kappa shape index (κ2) is 10.5. The molecule has 4 nitrogen and oxygen atoms in total. The Balaban J connectivity index is 1.50. The summed E-state index contributed by atoms with van der Waals surface area (Å²) in [6.45, 7) is 0.470. The lowest BCUT2D eigenvalue weighted by atomic mass is 10.2. The first-order chi connectivity index (χ1) is 15.8. The summed E-state index contributed by atoms with van der Waals surface area (Å²) in [4.78, 5) is 27.0. The fraction of sp³-hybridized carbons (Fsp3) is 0.0833. The van der Waals surface area contributed by atoms with Crippen LogP contribution in [0.5, 0.6) is 5.75 Å². The molecule has 0 saturated carbocycles.